The summed E-state index contributed by atoms with van der Waals surface area (Å²) in [5.41, 5.74) is 3.59. The monoisotopic (exact) mass is 314 g/mol. The minimum Gasteiger partial charge on any atom is -0.331 e. The van der Waals surface area contributed by atoms with Gasteiger partial charge in [-0.2, -0.15) is 0 Å². The van der Waals surface area contributed by atoms with Crippen LogP contribution in [0.1, 0.15) is 29.7 Å². The summed E-state index contributed by atoms with van der Waals surface area (Å²) in [7, 11) is 0. The van der Waals surface area contributed by atoms with Crippen molar-refractivity contribution < 1.29 is 4.79 Å². The number of nitrogens with zero attached hydrogens (tertiary/aromatic N) is 1. The lowest BCUT2D eigenvalue weighted by Gasteiger charge is -2.30. The lowest BCUT2D eigenvalue weighted by Crippen LogP contribution is -2.43. The van der Waals surface area contributed by atoms with E-state index >= 15 is 0 Å². The van der Waals surface area contributed by atoms with Gasteiger partial charge in [-0.3, -0.25) is 0 Å². The molecule has 0 saturated heterocycles. The van der Waals surface area contributed by atoms with Crippen LogP contribution in [0.5, 0.6) is 0 Å². The Balaban J connectivity index is 1.65. The number of urea groups is 1. The minimum absolute atomic E-state index is 0.0259. The van der Waals surface area contributed by atoms with Crippen LogP contribution in [0, 0.1) is 0 Å². The molecular weight excluding hydrogens is 296 g/mol. The summed E-state index contributed by atoms with van der Waals surface area (Å²) in [6, 6.07) is 15.8. The van der Waals surface area contributed by atoms with Gasteiger partial charge in [-0.25, -0.2) is 4.79 Å². The Morgan fingerprint density at radius 1 is 1.18 bits per heavy atom. The van der Waals surface area contributed by atoms with Crippen molar-refractivity contribution in [1.29, 1.82) is 0 Å². The molecule has 3 nitrogen and oxygen atoms in total. The molecule has 2 amide bonds. The van der Waals surface area contributed by atoms with Gasteiger partial charge in [-0.15, -0.1) is 0 Å². The number of nitrogens with one attached hydrogen (secondary N) is 1. The Morgan fingerprint density at radius 2 is 1.95 bits per heavy atom. The fourth-order valence-electron chi connectivity index (χ4n) is 2.80. The van der Waals surface area contributed by atoms with Crippen LogP contribution in [0.25, 0.3) is 0 Å². The molecule has 1 heterocycles. The summed E-state index contributed by atoms with van der Waals surface area (Å²) in [4.78, 5) is 14.3. The Kier molecular flexibility index (Phi) is 4.34. The maximum atomic E-state index is 12.5. The summed E-state index contributed by atoms with van der Waals surface area (Å²) in [6.07, 6.45) is 0.912. The average Bonchev–Trinajstić information content (AvgIpc) is 2.54. The average molecular weight is 315 g/mol. The quantitative estimate of drug-likeness (QED) is 0.886. The number of fused-ring (bicyclic) bond motifs is 1. The van der Waals surface area contributed by atoms with Gasteiger partial charge < -0.3 is 10.2 Å². The second kappa shape index (κ2) is 6.41. The van der Waals surface area contributed by atoms with Crippen molar-refractivity contribution in [3.8, 4) is 0 Å². The normalized spacial score (nSPS) is 15.1. The zero-order valence-corrected chi connectivity index (χ0v) is 13.3. The fraction of sp³-hybridized carbons (Fsp3) is 0.278. The molecule has 3 rings (SSSR count). The molecule has 0 aromatic heterocycles. The first-order valence-electron chi connectivity index (χ1n) is 7.51. The smallest absolute Gasteiger partial charge is 0.318 e. The molecule has 1 N–H and O–H groups in total. The summed E-state index contributed by atoms with van der Waals surface area (Å²) >= 11 is 6.01. The Hall–Kier alpha value is -2.00. The van der Waals surface area contributed by atoms with Crippen molar-refractivity contribution in [3.63, 3.8) is 0 Å². The second-order valence-corrected chi connectivity index (χ2v) is 6.10. The van der Waals surface area contributed by atoms with Crippen LogP contribution in [-0.4, -0.2) is 17.5 Å². The number of carbonyl (C=O) groups is 1. The van der Waals surface area contributed by atoms with Gasteiger partial charge in [0.25, 0.3) is 0 Å². The van der Waals surface area contributed by atoms with E-state index in [1.165, 1.54) is 11.1 Å². The summed E-state index contributed by atoms with van der Waals surface area (Å²) in [5.74, 6) is 0. The number of hydrogen-bond donors (Lipinski definition) is 1. The van der Waals surface area contributed by atoms with Crippen molar-refractivity contribution in [2.75, 3.05) is 6.54 Å². The van der Waals surface area contributed by atoms with E-state index in [1.54, 1.807) is 0 Å². The predicted octanol–water partition coefficient (Wildman–Crippen LogP) is 4.17. The molecule has 1 aliphatic rings. The third kappa shape index (κ3) is 3.25. The molecule has 0 radical (unpaired) electrons. The van der Waals surface area contributed by atoms with Crippen molar-refractivity contribution in [2.45, 2.75) is 25.9 Å². The minimum atomic E-state index is -0.0663. The number of hydrogen-bond acceptors (Lipinski definition) is 1. The second-order valence-electron chi connectivity index (χ2n) is 5.67. The zero-order chi connectivity index (χ0) is 15.5. The molecule has 0 bridgehead atoms. The van der Waals surface area contributed by atoms with Gasteiger partial charge in [0.05, 0.1) is 6.04 Å². The van der Waals surface area contributed by atoms with Gasteiger partial charge in [-0.05, 0) is 42.2 Å². The van der Waals surface area contributed by atoms with Gasteiger partial charge >= 0.3 is 6.03 Å². The van der Waals surface area contributed by atoms with Crippen LogP contribution < -0.4 is 5.32 Å². The van der Waals surface area contributed by atoms with Crippen LogP contribution in [0.15, 0.2) is 48.5 Å². The highest BCUT2D eigenvalue weighted by Crippen LogP contribution is 2.20. The molecule has 1 atom stereocenters. The van der Waals surface area contributed by atoms with E-state index in [0.29, 0.717) is 11.6 Å². The molecule has 0 saturated carbocycles. The molecule has 0 aliphatic carbocycles. The standard InChI is InChI=1S/C18H19ClN2O/c1-13(15-7-4-8-17(19)11-15)20-18(22)21-10-9-14-5-2-3-6-16(14)12-21/h2-8,11,13H,9-10,12H2,1H3,(H,20,22). The van der Waals surface area contributed by atoms with Crippen LogP contribution in [0.3, 0.4) is 0 Å². The van der Waals surface area contributed by atoms with E-state index in [0.717, 1.165) is 18.5 Å². The number of rotatable bonds is 2. The predicted molar refractivity (Wildman–Crippen MR) is 89.0 cm³/mol. The van der Waals surface area contributed by atoms with E-state index in [2.05, 4.69) is 23.5 Å². The molecule has 2 aromatic rings. The zero-order valence-electron chi connectivity index (χ0n) is 12.6. The van der Waals surface area contributed by atoms with Gasteiger partial charge in [0.2, 0.25) is 0 Å². The number of amides is 2. The fourth-order valence-corrected chi connectivity index (χ4v) is 3.00. The van der Waals surface area contributed by atoms with E-state index in [9.17, 15) is 4.79 Å². The van der Waals surface area contributed by atoms with Crippen LogP contribution in [-0.2, 0) is 13.0 Å². The highest BCUT2D eigenvalue weighted by atomic mass is 35.5. The van der Waals surface area contributed by atoms with Crippen molar-refractivity contribution in [3.05, 3.63) is 70.2 Å². The lowest BCUT2D eigenvalue weighted by molar-refractivity contribution is 0.189. The van der Waals surface area contributed by atoms with E-state index < -0.39 is 0 Å². The van der Waals surface area contributed by atoms with Gasteiger partial charge in [0.15, 0.2) is 0 Å². The number of benzene rings is 2. The van der Waals surface area contributed by atoms with Crippen molar-refractivity contribution >= 4 is 17.6 Å². The van der Waals surface area contributed by atoms with E-state index in [4.69, 9.17) is 11.6 Å². The molecule has 2 aromatic carbocycles. The Labute approximate surface area is 135 Å². The summed E-state index contributed by atoms with van der Waals surface area (Å²) in [6.45, 7) is 3.40. The van der Waals surface area contributed by atoms with Crippen LogP contribution in [0.4, 0.5) is 4.79 Å². The first-order valence-corrected chi connectivity index (χ1v) is 7.89. The Morgan fingerprint density at radius 3 is 2.73 bits per heavy atom. The highest BCUT2D eigenvalue weighted by Gasteiger charge is 2.21. The Bertz CT molecular complexity index is 686. The van der Waals surface area contributed by atoms with Crippen LogP contribution in [0.2, 0.25) is 5.02 Å². The van der Waals surface area contributed by atoms with Crippen LogP contribution >= 0.6 is 11.6 Å². The third-order valence-electron chi connectivity index (χ3n) is 4.11. The van der Waals surface area contributed by atoms with Gasteiger partial charge in [0, 0.05) is 18.1 Å². The number of halogens is 1. The first kappa shape index (κ1) is 14.9. The van der Waals surface area contributed by atoms with Gasteiger partial charge in [0.1, 0.15) is 0 Å². The molecule has 4 heteroatoms. The largest absolute Gasteiger partial charge is 0.331 e. The van der Waals surface area contributed by atoms with E-state index in [1.807, 2.05) is 42.2 Å². The van der Waals surface area contributed by atoms with Crippen molar-refractivity contribution in [2.24, 2.45) is 0 Å². The molecule has 1 unspecified atom stereocenters. The van der Waals surface area contributed by atoms with Gasteiger partial charge in [-0.1, -0.05) is 48.0 Å². The highest BCUT2D eigenvalue weighted by molar-refractivity contribution is 6.30. The maximum Gasteiger partial charge on any atom is 0.318 e. The molecular formula is C18H19ClN2O. The SMILES string of the molecule is CC(NC(=O)N1CCc2ccccc2C1)c1cccc(Cl)c1. The molecule has 1 aliphatic heterocycles. The van der Waals surface area contributed by atoms with Crippen molar-refractivity contribution in [1.82, 2.24) is 10.2 Å². The number of carbonyl (C=O) groups excluding carboxylic acids is 1. The lowest BCUT2D eigenvalue weighted by atomic mass is 10.0. The third-order valence-corrected chi connectivity index (χ3v) is 4.34. The summed E-state index contributed by atoms with van der Waals surface area (Å²) < 4.78 is 0. The topological polar surface area (TPSA) is 32.3 Å². The molecule has 22 heavy (non-hydrogen) atoms. The molecule has 114 valence electrons. The molecule has 0 spiro atoms. The summed E-state index contributed by atoms with van der Waals surface area (Å²) in [5, 5.41) is 3.74. The first-order chi connectivity index (χ1) is 10.6. The molecule has 0 fully saturated rings. The van der Waals surface area contributed by atoms with E-state index in [-0.39, 0.29) is 12.1 Å². The maximum absolute atomic E-state index is 12.5.